The van der Waals surface area contributed by atoms with Crippen LogP contribution in [-0.2, 0) is 11.2 Å². The number of hydrogen-bond donors (Lipinski definition) is 0. The number of hydrogen-bond acceptors (Lipinski definition) is 4. The molecule has 1 saturated heterocycles. The summed E-state index contributed by atoms with van der Waals surface area (Å²) in [6.45, 7) is 3.06. The van der Waals surface area contributed by atoms with Crippen LogP contribution in [0.15, 0.2) is 59.3 Å². The number of anilines is 1. The van der Waals surface area contributed by atoms with E-state index in [9.17, 15) is 4.79 Å². The maximum Gasteiger partial charge on any atom is 0.227 e. The fraction of sp³-hybridized carbons (Fsp3) is 0.250. The molecule has 0 radical (unpaired) electrons. The van der Waals surface area contributed by atoms with Crippen LogP contribution in [0.4, 0.5) is 5.69 Å². The first-order valence-corrected chi connectivity index (χ1v) is 9.47. The van der Waals surface area contributed by atoms with Crippen molar-refractivity contribution >= 4 is 38.6 Å². The summed E-state index contributed by atoms with van der Waals surface area (Å²) in [7, 11) is 0. The van der Waals surface area contributed by atoms with Crippen LogP contribution >= 0.6 is 15.9 Å². The third-order valence-corrected chi connectivity index (χ3v) is 5.13. The number of pyridine rings is 2. The summed E-state index contributed by atoms with van der Waals surface area (Å²) in [5.74, 6) is 0.192. The Morgan fingerprint density at radius 1 is 1.04 bits per heavy atom. The lowest BCUT2D eigenvalue weighted by atomic mass is 10.1. The molecule has 132 valence electrons. The van der Waals surface area contributed by atoms with Crippen LogP contribution < -0.4 is 4.90 Å². The van der Waals surface area contributed by atoms with Crippen LogP contribution in [0.25, 0.3) is 11.0 Å². The number of carbonyl (C=O) groups excluding carboxylic acids is 1. The molecule has 0 unspecified atom stereocenters. The van der Waals surface area contributed by atoms with Gasteiger partial charge in [0.25, 0.3) is 0 Å². The van der Waals surface area contributed by atoms with Gasteiger partial charge in [-0.1, -0.05) is 30.3 Å². The fourth-order valence-corrected chi connectivity index (χ4v) is 3.64. The van der Waals surface area contributed by atoms with Crippen molar-refractivity contribution in [3.8, 4) is 0 Å². The standard InChI is InChI=1S/C20H19BrN4O/c21-16-13-17-20(23-14-16)18(6-7-22-17)24-8-10-25(11-9-24)19(26)12-15-4-2-1-3-5-15/h1-7,13-14H,8-12H2. The molecule has 6 heteroatoms. The van der Waals surface area contributed by atoms with Crippen LogP contribution in [0.2, 0.25) is 0 Å². The van der Waals surface area contributed by atoms with Gasteiger partial charge in [-0.05, 0) is 33.6 Å². The van der Waals surface area contributed by atoms with Gasteiger partial charge in [-0.2, -0.15) is 0 Å². The van der Waals surface area contributed by atoms with E-state index in [4.69, 9.17) is 0 Å². The van der Waals surface area contributed by atoms with Crippen LogP contribution in [0.3, 0.4) is 0 Å². The highest BCUT2D eigenvalue weighted by molar-refractivity contribution is 9.10. The molecule has 1 aromatic carbocycles. The van der Waals surface area contributed by atoms with Crippen molar-refractivity contribution in [2.75, 3.05) is 31.1 Å². The van der Waals surface area contributed by atoms with E-state index in [0.717, 1.165) is 52.9 Å². The van der Waals surface area contributed by atoms with Gasteiger partial charge >= 0.3 is 0 Å². The Labute approximate surface area is 160 Å². The second-order valence-corrected chi connectivity index (χ2v) is 7.30. The summed E-state index contributed by atoms with van der Waals surface area (Å²) in [6.07, 6.45) is 4.08. The lowest BCUT2D eigenvalue weighted by Gasteiger charge is -2.36. The Morgan fingerprint density at radius 3 is 2.58 bits per heavy atom. The highest BCUT2D eigenvalue weighted by atomic mass is 79.9. The minimum Gasteiger partial charge on any atom is -0.366 e. The zero-order chi connectivity index (χ0) is 17.9. The molecule has 1 fully saturated rings. The molecule has 0 spiro atoms. The van der Waals surface area contributed by atoms with Gasteiger partial charge in [0, 0.05) is 43.0 Å². The van der Waals surface area contributed by atoms with Gasteiger partial charge < -0.3 is 9.80 Å². The molecule has 1 aliphatic heterocycles. The largest absolute Gasteiger partial charge is 0.366 e. The van der Waals surface area contributed by atoms with Gasteiger partial charge in [0.05, 0.1) is 17.6 Å². The van der Waals surface area contributed by atoms with E-state index in [1.54, 1.807) is 6.20 Å². The molecule has 3 heterocycles. The van der Waals surface area contributed by atoms with E-state index in [1.807, 2.05) is 53.6 Å². The number of halogens is 1. The summed E-state index contributed by atoms with van der Waals surface area (Å²) >= 11 is 3.44. The van der Waals surface area contributed by atoms with E-state index in [0.29, 0.717) is 6.42 Å². The monoisotopic (exact) mass is 410 g/mol. The van der Waals surface area contributed by atoms with E-state index in [1.165, 1.54) is 0 Å². The lowest BCUT2D eigenvalue weighted by molar-refractivity contribution is -0.130. The topological polar surface area (TPSA) is 49.3 Å². The number of benzene rings is 1. The van der Waals surface area contributed by atoms with Gasteiger partial charge in [0.15, 0.2) is 0 Å². The van der Waals surface area contributed by atoms with Crippen LogP contribution in [0, 0.1) is 0 Å². The predicted molar refractivity (Wildman–Crippen MR) is 106 cm³/mol. The molecule has 0 atom stereocenters. The number of nitrogens with zero attached hydrogens (tertiary/aromatic N) is 4. The normalized spacial score (nSPS) is 14.7. The van der Waals surface area contributed by atoms with Crippen LogP contribution in [-0.4, -0.2) is 47.0 Å². The molecule has 0 bridgehead atoms. The SMILES string of the molecule is O=C(Cc1ccccc1)N1CCN(c2ccnc3cc(Br)cnc23)CC1. The van der Waals surface area contributed by atoms with E-state index in [2.05, 4.69) is 30.8 Å². The number of aromatic nitrogens is 2. The number of piperazine rings is 1. The zero-order valence-electron chi connectivity index (χ0n) is 14.3. The maximum absolute atomic E-state index is 12.5. The van der Waals surface area contributed by atoms with E-state index >= 15 is 0 Å². The van der Waals surface area contributed by atoms with Gasteiger partial charge in [0.2, 0.25) is 5.91 Å². The second-order valence-electron chi connectivity index (χ2n) is 6.38. The summed E-state index contributed by atoms with van der Waals surface area (Å²) in [5.41, 5.74) is 3.92. The summed E-state index contributed by atoms with van der Waals surface area (Å²) < 4.78 is 0.922. The number of rotatable bonds is 3. The molecule has 1 amide bonds. The first-order chi connectivity index (χ1) is 12.7. The lowest BCUT2D eigenvalue weighted by Crippen LogP contribution is -2.49. The molecule has 0 N–H and O–H groups in total. The van der Waals surface area contributed by atoms with Gasteiger partial charge in [-0.25, -0.2) is 0 Å². The average Bonchev–Trinajstić information content (AvgIpc) is 2.68. The zero-order valence-corrected chi connectivity index (χ0v) is 15.9. The minimum absolute atomic E-state index is 0.192. The first-order valence-electron chi connectivity index (χ1n) is 8.67. The number of carbonyl (C=O) groups is 1. The van der Waals surface area contributed by atoms with Crippen molar-refractivity contribution < 1.29 is 4.79 Å². The van der Waals surface area contributed by atoms with Crippen LogP contribution in [0.1, 0.15) is 5.56 Å². The minimum atomic E-state index is 0.192. The summed E-state index contributed by atoms with van der Waals surface area (Å²) in [5, 5.41) is 0. The molecule has 3 aromatic rings. The van der Waals surface area contributed by atoms with E-state index in [-0.39, 0.29) is 5.91 Å². The first kappa shape index (κ1) is 17.0. The third kappa shape index (κ3) is 3.55. The summed E-state index contributed by atoms with van der Waals surface area (Å²) in [6, 6.07) is 13.9. The Kier molecular flexibility index (Phi) is 4.84. The Morgan fingerprint density at radius 2 is 1.81 bits per heavy atom. The van der Waals surface area contributed by atoms with Crippen molar-refractivity contribution in [2.24, 2.45) is 0 Å². The predicted octanol–water partition coefficient (Wildman–Crippen LogP) is 3.28. The third-order valence-electron chi connectivity index (χ3n) is 4.69. The summed E-state index contributed by atoms with van der Waals surface area (Å²) in [4.78, 5) is 25.7. The highest BCUT2D eigenvalue weighted by Gasteiger charge is 2.22. The molecular weight excluding hydrogens is 392 g/mol. The van der Waals surface area contributed by atoms with Crippen molar-refractivity contribution in [3.63, 3.8) is 0 Å². The number of fused-ring (bicyclic) bond motifs is 1. The van der Waals surface area contributed by atoms with Crippen molar-refractivity contribution in [1.82, 2.24) is 14.9 Å². The number of amides is 1. The van der Waals surface area contributed by atoms with Crippen molar-refractivity contribution in [3.05, 3.63) is 64.9 Å². The molecule has 0 saturated carbocycles. The molecule has 1 aliphatic rings. The quantitative estimate of drug-likeness (QED) is 0.664. The average molecular weight is 411 g/mol. The van der Waals surface area contributed by atoms with Gasteiger partial charge in [-0.15, -0.1) is 0 Å². The smallest absolute Gasteiger partial charge is 0.227 e. The highest BCUT2D eigenvalue weighted by Crippen LogP contribution is 2.26. The molecule has 0 aliphatic carbocycles. The van der Waals surface area contributed by atoms with Crippen molar-refractivity contribution in [2.45, 2.75) is 6.42 Å². The van der Waals surface area contributed by atoms with Gasteiger partial charge in [-0.3, -0.25) is 14.8 Å². The maximum atomic E-state index is 12.5. The van der Waals surface area contributed by atoms with Crippen LogP contribution in [0.5, 0.6) is 0 Å². The molecule has 2 aromatic heterocycles. The Bertz CT molecular complexity index is 924. The fourth-order valence-electron chi connectivity index (χ4n) is 3.33. The molecule has 4 rings (SSSR count). The van der Waals surface area contributed by atoms with E-state index < -0.39 is 0 Å². The second kappa shape index (κ2) is 7.41. The molecule has 5 nitrogen and oxygen atoms in total. The Hall–Kier alpha value is -2.47. The van der Waals surface area contributed by atoms with Gasteiger partial charge in [0.1, 0.15) is 5.52 Å². The molecule has 26 heavy (non-hydrogen) atoms. The molecular formula is C20H19BrN4O. The van der Waals surface area contributed by atoms with Crippen molar-refractivity contribution in [1.29, 1.82) is 0 Å². The Balaban J connectivity index is 1.45.